The van der Waals surface area contributed by atoms with Crippen molar-refractivity contribution in [3.63, 3.8) is 0 Å². The van der Waals surface area contributed by atoms with Crippen LogP contribution in [0.1, 0.15) is 35.1 Å². The molecule has 2 aromatic rings. The van der Waals surface area contributed by atoms with Crippen molar-refractivity contribution in [2.75, 3.05) is 6.54 Å². The molecule has 1 N–H and O–H groups in total. The lowest BCUT2D eigenvalue weighted by molar-refractivity contribution is 0.0955. The van der Waals surface area contributed by atoms with E-state index in [2.05, 4.69) is 15.5 Å². The summed E-state index contributed by atoms with van der Waals surface area (Å²) < 4.78 is 5.11. The molecule has 19 heavy (non-hydrogen) atoms. The molecule has 0 saturated heterocycles. The molecule has 2 aromatic heterocycles. The average Bonchev–Trinajstić information content (AvgIpc) is 2.75. The third-order valence-electron chi connectivity index (χ3n) is 2.82. The second-order valence-corrected chi connectivity index (χ2v) is 4.37. The van der Waals surface area contributed by atoms with Crippen molar-refractivity contribution in [1.82, 2.24) is 15.5 Å². The maximum Gasteiger partial charge on any atom is 0.258 e. The van der Waals surface area contributed by atoms with Gasteiger partial charge >= 0.3 is 0 Å². The van der Waals surface area contributed by atoms with Crippen LogP contribution in [-0.4, -0.2) is 22.6 Å². The Morgan fingerprint density at radius 3 is 3.00 bits per heavy atom. The van der Waals surface area contributed by atoms with Crippen molar-refractivity contribution in [3.05, 3.63) is 35.2 Å². The molecule has 0 aliphatic carbocycles. The quantitative estimate of drug-likeness (QED) is 0.676. The van der Waals surface area contributed by atoms with Gasteiger partial charge in [0, 0.05) is 12.2 Å². The summed E-state index contributed by atoms with van der Waals surface area (Å²) in [5.74, 6) is -0.119. The van der Waals surface area contributed by atoms with Crippen LogP contribution in [0.5, 0.6) is 0 Å². The van der Waals surface area contributed by atoms with E-state index in [0.29, 0.717) is 28.9 Å². The van der Waals surface area contributed by atoms with Crippen LogP contribution in [-0.2, 0) is 0 Å². The van der Waals surface area contributed by atoms with Gasteiger partial charge in [-0.05, 0) is 33.3 Å². The molecule has 0 bridgehead atoms. The highest BCUT2D eigenvalue weighted by atomic mass is 16.5. The number of rotatable bonds is 4. The van der Waals surface area contributed by atoms with E-state index in [1.807, 2.05) is 26.0 Å². The molecule has 5 heteroatoms. The molecule has 0 saturated carbocycles. The molecule has 0 atom stereocenters. The van der Waals surface area contributed by atoms with Crippen LogP contribution in [0, 0.1) is 13.8 Å². The van der Waals surface area contributed by atoms with E-state index < -0.39 is 0 Å². The largest absolute Gasteiger partial charge is 0.352 e. The highest BCUT2D eigenvalue weighted by molar-refractivity contribution is 6.05. The summed E-state index contributed by atoms with van der Waals surface area (Å²) in [5, 5.41) is 7.43. The van der Waals surface area contributed by atoms with E-state index in [1.54, 1.807) is 13.0 Å². The molecule has 0 spiro atoms. The van der Waals surface area contributed by atoms with Gasteiger partial charge in [0.15, 0.2) is 0 Å². The number of amides is 1. The van der Waals surface area contributed by atoms with Gasteiger partial charge in [-0.15, -0.1) is 0 Å². The minimum Gasteiger partial charge on any atom is -0.352 e. The van der Waals surface area contributed by atoms with Crippen molar-refractivity contribution >= 4 is 17.0 Å². The van der Waals surface area contributed by atoms with Gasteiger partial charge in [0.05, 0.1) is 16.6 Å². The van der Waals surface area contributed by atoms with E-state index in [1.165, 1.54) is 0 Å². The van der Waals surface area contributed by atoms with Crippen LogP contribution in [0.4, 0.5) is 0 Å². The van der Waals surface area contributed by atoms with E-state index in [-0.39, 0.29) is 5.91 Å². The molecule has 0 aliphatic rings. The summed E-state index contributed by atoms with van der Waals surface area (Å²) in [6, 6.07) is 1.76. The molecule has 0 fully saturated rings. The third kappa shape index (κ3) is 2.81. The Labute approximate surface area is 111 Å². The van der Waals surface area contributed by atoms with Gasteiger partial charge in [0.1, 0.15) is 0 Å². The number of pyridine rings is 1. The Hall–Kier alpha value is -2.17. The topological polar surface area (TPSA) is 68.0 Å². The van der Waals surface area contributed by atoms with Gasteiger partial charge in [0.2, 0.25) is 0 Å². The first kappa shape index (κ1) is 13.3. The van der Waals surface area contributed by atoms with E-state index in [0.717, 1.165) is 12.1 Å². The summed E-state index contributed by atoms with van der Waals surface area (Å²) in [6.07, 6.45) is 4.79. The zero-order valence-corrected chi connectivity index (χ0v) is 11.4. The molecule has 2 rings (SSSR count). The lowest BCUT2D eigenvalue weighted by atomic mass is 10.1. The van der Waals surface area contributed by atoms with Crippen LogP contribution in [0.3, 0.4) is 0 Å². The van der Waals surface area contributed by atoms with Crippen LogP contribution < -0.4 is 5.32 Å². The summed E-state index contributed by atoms with van der Waals surface area (Å²) in [7, 11) is 0. The first-order chi connectivity index (χ1) is 9.13. The average molecular weight is 259 g/mol. The fraction of sp³-hybridized carbons (Fsp3) is 0.357. The predicted molar refractivity (Wildman–Crippen MR) is 73.0 cm³/mol. The van der Waals surface area contributed by atoms with Crippen molar-refractivity contribution in [2.24, 2.45) is 0 Å². The standard InChI is InChI=1S/C14H17N3O2/c1-4-5-6-7-15-13(18)11-8-9(2)16-14-12(11)10(3)17-19-14/h4-5,8H,6-7H2,1-3H3,(H,15,18)/b5-4+. The first-order valence-electron chi connectivity index (χ1n) is 6.26. The van der Waals surface area contributed by atoms with Crippen LogP contribution in [0.15, 0.2) is 22.7 Å². The molecule has 2 heterocycles. The zero-order valence-electron chi connectivity index (χ0n) is 11.4. The summed E-state index contributed by atoms with van der Waals surface area (Å²) in [6.45, 7) is 6.20. The maximum atomic E-state index is 12.2. The number of nitrogens with zero attached hydrogens (tertiary/aromatic N) is 2. The normalized spacial score (nSPS) is 11.3. The van der Waals surface area contributed by atoms with Crippen LogP contribution in [0.2, 0.25) is 0 Å². The Balaban J connectivity index is 2.28. The van der Waals surface area contributed by atoms with Gasteiger partial charge in [-0.1, -0.05) is 17.3 Å². The Morgan fingerprint density at radius 1 is 1.47 bits per heavy atom. The number of carbonyl (C=O) groups is 1. The van der Waals surface area contributed by atoms with Crippen molar-refractivity contribution in [2.45, 2.75) is 27.2 Å². The SMILES string of the molecule is C/C=C/CCNC(=O)c1cc(C)nc2onc(C)c12. The number of hydrogen-bond donors (Lipinski definition) is 1. The molecular formula is C14H17N3O2. The van der Waals surface area contributed by atoms with Crippen LogP contribution in [0.25, 0.3) is 11.1 Å². The fourth-order valence-electron chi connectivity index (χ4n) is 1.93. The summed E-state index contributed by atoms with van der Waals surface area (Å²) >= 11 is 0. The summed E-state index contributed by atoms with van der Waals surface area (Å²) in [5.41, 5.74) is 2.40. The highest BCUT2D eigenvalue weighted by Gasteiger charge is 2.17. The third-order valence-corrected chi connectivity index (χ3v) is 2.82. The number of hydrogen-bond acceptors (Lipinski definition) is 4. The molecule has 0 unspecified atom stereocenters. The van der Waals surface area contributed by atoms with Crippen molar-refractivity contribution in [1.29, 1.82) is 0 Å². The van der Waals surface area contributed by atoms with Gasteiger partial charge in [-0.2, -0.15) is 0 Å². The lowest BCUT2D eigenvalue weighted by Crippen LogP contribution is -2.24. The number of fused-ring (bicyclic) bond motifs is 1. The van der Waals surface area contributed by atoms with Gasteiger partial charge in [-0.25, -0.2) is 4.98 Å². The number of aryl methyl sites for hydroxylation is 2. The molecule has 0 aliphatic heterocycles. The maximum absolute atomic E-state index is 12.2. The molecule has 1 amide bonds. The second kappa shape index (κ2) is 5.65. The smallest absolute Gasteiger partial charge is 0.258 e. The molecular weight excluding hydrogens is 242 g/mol. The van der Waals surface area contributed by atoms with Crippen molar-refractivity contribution in [3.8, 4) is 0 Å². The minimum absolute atomic E-state index is 0.119. The van der Waals surface area contributed by atoms with E-state index >= 15 is 0 Å². The van der Waals surface area contributed by atoms with Crippen LogP contribution >= 0.6 is 0 Å². The van der Waals surface area contributed by atoms with Crippen molar-refractivity contribution < 1.29 is 9.32 Å². The lowest BCUT2D eigenvalue weighted by Gasteiger charge is -2.05. The zero-order chi connectivity index (χ0) is 13.8. The number of allylic oxidation sites excluding steroid dienone is 1. The molecule has 0 aromatic carbocycles. The molecule has 0 radical (unpaired) electrons. The number of carbonyl (C=O) groups excluding carboxylic acids is 1. The Kier molecular flexibility index (Phi) is 3.94. The summed E-state index contributed by atoms with van der Waals surface area (Å²) in [4.78, 5) is 16.4. The second-order valence-electron chi connectivity index (χ2n) is 4.37. The Bertz CT molecular complexity index is 629. The van der Waals surface area contributed by atoms with E-state index in [4.69, 9.17) is 4.52 Å². The molecule has 100 valence electrons. The fourth-order valence-corrected chi connectivity index (χ4v) is 1.93. The highest BCUT2D eigenvalue weighted by Crippen LogP contribution is 2.21. The number of aromatic nitrogens is 2. The van der Waals surface area contributed by atoms with Gasteiger partial charge in [0.25, 0.3) is 11.6 Å². The van der Waals surface area contributed by atoms with E-state index in [9.17, 15) is 4.79 Å². The van der Waals surface area contributed by atoms with Gasteiger partial charge in [-0.3, -0.25) is 4.79 Å². The predicted octanol–water partition coefficient (Wildman–Crippen LogP) is 2.54. The Morgan fingerprint density at radius 2 is 2.26 bits per heavy atom. The first-order valence-corrected chi connectivity index (χ1v) is 6.26. The monoisotopic (exact) mass is 259 g/mol. The number of nitrogens with one attached hydrogen (secondary N) is 1. The minimum atomic E-state index is -0.119. The van der Waals surface area contributed by atoms with Gasteiger partial charge < -0.3 is 9.84 Å². The molecule has 5 nitrogen and oxygen atoms in total.